The van der Waals surface area contributed by atoms with Gasteiger partial charge in [0, 0.05) is 11.4 Å². The molecule has 4 nitrogen and oxygen atoms in total. The Morgan fingerprint density at radius 2 is 1.46 bits per heavy atom. The normalized spacial score (nSPS) is 24.2. The maximum atomic E-state index is 12.3. The van der Waals surface area contributed by atoms with Gasteiger partial charge in [0.1, 0.15) is 0 Å². The lowest BCUT2D eigenvalue weighted by atomic mass is 10.1. The summed E-state index contributed by atoms with van der Waals surface area (Å²) < 4.78 is 24.7. The minimum Gasteiger partial charge on any atom is -0.312 e. The van der Waals surface area contributed by atoms with Gasteiger partial charge in [-0.05, 0) is 49.5 Å². The van der Waals surface area contributed by atoms with Gasteiger partial charge >= 0.3 is 0 Å². The third kappa shape index (κ3) is 2.99. The van der Waals surface area contributed by atoms with Gasteiger partial charge < -0.3 is 9.80 Å². The molecule has 0 aromatic heterocycles. The van der Waals surface area contributed by atoms with E-state index in [1.165, 1.54) is 0 Å². The van der Waals surface area contributed by atoms with E-state index in [0.717, 1.165) is 16.9 Å². The maximum absolute atomic E-state index is 12.3. The molecule has 26 heavy (non-hydrogen) atoms. The van der Waals surface area contributed by atoms with Crippen LogP contribution in [0.4, 0.5) is 11.4 Å². The first-order chi connectivity index (χ1) is 12.3. The van der Waals surface area contributed by atoms with Gasteiger partial charge in [0.2, 0.25) is 0 Å². The summed E-state index contributed by atoms with van der Waals surface area (Å²) in [6.45, 7) is 2.01. The highest BCUT2D eigenvalue weighted by atomic mass is 35.5. The highest BCUT2D eigenvalue weighted by molar-refractivity contribution is 7.91. The fraction of sp³-hybridized carbons (Fsp3) is 0.278. The number of sulfone groups is 1. The van der Waals surface area contributed by atoms with Gasteiger partial charge in [-0.1, -0.05) is 40.9 Å². The van der Waals surface area contributed by atoms with Crippen molar-refractivity contribution in [3.8, 4) is 0 Å². The quantitative estimate of drug-likeness (QED) is 0.676. The molecule has 4 rings (SSSR count). The number of hydrogen-bond donors (Lipinski definition) is 0. The first kappa shape index (κ1) is 18.0. The van der Waals surface area contributed by atoms with E-state index in [2.05, 4.69) is 0 Å². The minimum atomic E-state index is -3.14. The highest BCUT2D eigenvalue weighted by Gasteiger charge is 2.52. The smallest absolute Gasteiger partial charge is 0.181 e. The zero-order valence-corrected chi connectivity index (χ0v) is 17.0. The lowest BCUT2D eigenvalue weighted by Crippen LogP contribution is -2.37. The Morgan fingerprint density at radius 3 is 2.04 bits per heavy atom. The van der Waals surface area contributed by atoms with E-state index in [1.54, 1.807) is 12.1 Å². The van der Waals surface area contributed by atoms with Gasteiger partial charge in [-0.15, -0.1) is 0 Å². The molecule has 136 valence electrons. The van der Waals surface area contributed by atoms with Crippen LogP contribution in [0.1, 0.15) is 5.56 Å². The Balaban J connectivity index is 1.81. The molecule has 0 aliphatic carbocycles. The third-order valence-electron chi connectivity index (χ3n) is 4.86. The number of fused-ring (bicyclic) bond motifs is 1. The zero-order valence-electron chi connectivity index (χ0n) is 13.9. The molecule has 2 aromatic carbocycles. The fourth-order valence-electron chi connectivity index (χ4n) is 3.65. The van der Waals surface area contributed by atoms with Crippen LogP contribution in [0.3, 0.4) is 0 Å². The number of benzene rings is 2. The summed E-state index contributed by atoms with van der Waals surface area (Å²) in [6, 6.07) is 12.7. The molecular formula is C18H16Cl2N2O2S2. The van der Waals surface area contributed by atoms with E-state index >= 15 is 0 Å². The Kier molecular flexibility index (Phi) is 4.42. The van der Waals surface area contributed by atoms with E-state index in [9.17, 15) is 8.42 Å². The predicted molar refractivity (Wildman–Crippen MR) is 111 cm³/mol. The van der Waals surface area contributed by atoms with E-state index in [4.69, 9.17) is 35.4 Å². The number of aryl methyl sites for hydroxylation is 1. The Morgan fingerprint density at radius 1 is 0.923 bits per heavy atom. The van der Waals surface area contributed by atoms with Crippen LogP contribution in [-0.4, -0.2) is 37.1 Å². The summed E-state index contributed by atoms with van der Waals surface area (Å²) in [5, 5.41) is 1.45. The monoisotopic (exact) mass is 426 g/mol. The molecule has 0 bridgehead atoms. The average molecular weight is 427 g/mol. The Bertz CT molecular complexity index is 993. The lowest BCUT2D eigenvalue weighted by Gasteiger charge is -2.26. The molecule has 0 saturated carbocycles. The fourth-order valence-corrected chi connectivity index (χ4v) is 6.34. The molecule has 2 unspecified atom stereocenters. The van der Waals surface area contributed by atoms with Gasteiger partial charge in [-0.2, -0.15) is 0 Å². The topological polar surface area (TPSA) is 40.6 Å². The van der Waals surface area contributed by atoms with Crippen molar-refractivity contribution in [2.45, 2.75) is 19.0 Å². The van der Waals surface area contributed by atoms with Crippen molar-refractivity contribution in [1.29, 1.82) is 0 Å². The average Bonchev–Trinajstić information content (AvgIpc) is 3.00. The maximum Gasteiger partial charge on any atom is 0.181 e. The number of halogens is 2. The number of anilines is 2. The van der Waals surface area contributed by atoms with Crippen LogP contribution in [0.25, 0.3) is 0 Å². The Hall–Kier alpha value is -1.34. The zero-order chi connectivity index (χ0) is 18.6. The molecular weight excluding hydrogens is 411 g/mol. The van der Waals surface area contributed by atoms with E-state index in [-0.39, 0.29) is 23.6 Å². The van der Waals surface area contributed by atoms with Crippen LogP contribution in [0.5, 0.6) is 0 Å². The molecule has 2 fully saturated rings. The van der Waals surface area contributed by atoms with E-state index in [1.807, 2.05) is 47.1 Å². The first-order valence-electron chi connectivity index (χ1n) is 8.11. The molecule has 0 amide bonds. The summed E-state index contributed by atoms with van der Waals surface area (Å²) in [6.07, 6.45) is 0. The van der Waals surface area contributed by atoms with Gasteiger partial charge in [0.15, 0.2) is 14.9 Å². The molecule has 8 heteroatoms. The molecule has 2 saturated heterocycles. The summed E-state index contributed by atoms with van der Waals surface area (Å²) in [5.74, 6) is 0.157. The highest BCUT2D eigenvalue weighted by Crippen LogP contribution is 2.39. The van der Waals surface area contributed by atoms with Crippen molar-refractivity contribution < 1.29 is 8.42 Å². The molecule has 2 heterocycles. The first-order valence-corrected chi connectivity index (χ1v) is 11.1. The van der Waals surface area contributed by atoms with Crippen LogP contribution in [0, 0.1) is 6.92 Å². The van der Waals surface area contributed by atoms with Crippen molar-refractivity contribution >= 4 is 61.7 Å². The molecule has 0 spiro atoms. The van der Waals surface area contributed by atoms with Crippen molar-refractivity contribution in [3.63, 3.8) is 0 Å². The standard InChI is InChI=1S/C18H16Cl2N2O2S2/c1-11-2-4-12(5-3-11)21-16-9-26(23,24)10-17(16)22(18(21)25)13-6-7-14(19)15(20)8-13/h2-8,16-17H,9-10H2,1H3. The summed E-state index contributed by atoms with van der Waals surface area (Å²) in [4.78, 5) is 3.85. The SMILES string of the molecule is Cc1ccc(N2C(=S)N(c3ccc(Cl)c(Cl)c3)C3CS(=O)(=O)CC32)cc1. The lowest BCUT2D eigenvalue weighted by molar-refractivity contribution is 0.601. The molecule has 0 N–H and O–H groups in total. The number of thiocarbonyl (C=S) groups is 1. The second kappa shape index (κ2) is 6.37. The van der Waals surface area contributed by atoms with Gasteiger partial charge in [0.25, 0.3) is 0 Å². The van der Waals surface area contributed by atoms with Crippen molar-refractivity contribution in [1.82, 2.24) is 0 Å². The Labute approximate surface area is 168 Å². The van der Waals surface area contributed by atoms with Crippen LogP contribution < -0.4 is 9.80 Å². The molecule has 2 aliphatic rings. The summed E-state index contributed by atoms with van der Waals surface area (Å²) >= 11 is 18.0. The second-order valence-corrected chi connectivity index (χ2v) is 10.0. The van der Waals surface area contributed by atoms with Crippen LogP contribution in [0.2, 0.25) is 10.0 Å². The van der Waals surface area contributed by atoms with E-state index < -0.39 is 9.84 Å². The molecule has 2 aliphatic heterocycles. The second-order valence-electron chi connectivity index (χ2n) is 6.67. The van der Waals surface area contributed by atoms with Gasteiger partial charge in [0.05, 0.1) is 33.6 Å². The minimum absolute atomic E-state index is 0.0699. The van der Waals surface area contributed by atoms with E-state index in [0.29, 0.717) is 15.2 Å². The molecule has 2 atom stereocenters. The largest absolute Gasteiger partial charge is 0.312 e. The van der Waals surface area contributed by atoms with Crippen molar-refractivity contribution in [2.24, 2.45) is 0 Å². The van der Waals surface area contributed by atoms with Crippen LogP contribution >= 0.6 is 35.4 Å². The molecule has 2 aromatic rings. The predicted octanol–water partition coefficient (Wildman–Crippen LogP) is 4.08. The van der Waals surface area contributed by atoms with Gasteiger partial charge in [-0.3, -0.25) is 0 Å². The summed E-state index contributed by atoms with van der Waals surface area (Å²) in [7, 11) is -3.14. The number of rotatable bonds is 2. The van der Waals surface area contributed by atoms with Crippen molar-refractivity contribution in [2.75, 3.05) is 21.3 Å². The number of nitrogens with zero attached hydrogens (tertiary/aromatic N) is 2. The summed E-state index contributed by atoms with van der Waals surface area (Å²) in [5.41, 5.74) is 2.79. The van der Waals surface area contributed by atoms with Gasteiger partial charge in [-0.25, -0.2) is 8.42 Å². The van der Waals surface area contributed by atoms with Crippen molar-refractivity contribution in [3.05, 3.63) is 58.1 Å². The van der Waals surface area contributed by atoms with Crippen LogP contribution in [-0.2, 0) is 9.84 Å². The third-order valence-corrected chi connectivity index (χ3v) is 7.69. The van der Waals surface area contributed by atoms with Crippen LogP contribution in [0.15, 0.2) is 42.5 Å². The molecule has 0 radical (unpaired) electrons. The number of hydrogen-bond acceptors (Lipinski definition) is 3.